The zero-order valence-electron chi connectivity index (χ0n) is 9.88. The normalized spacial score (nSPS) is 11.4. The van der Waals surface area contributed by atoms with E-state index in [-0.39, 0.29) is 17.3 Å². The molecule has 0 spiro atoms. The zero-order chi connectivity index (χ0) is 13.9. The van der Waals surface area contributed by atoms with Crippen LogP contribution in [0.25, 0.3) is 0 Å². The van der Waals surface area contributed by atoms with Crippen molar-refractivity contribution in [1.29, 1.82) is 0 Å². The number of halogens is 1. The molecule has 1 heterocycles. The van der Waals surface area contributed by atoms with Crippen LogP contribution in [0, 0.1) is 0 Å². The summed E-state index contributed by atoms with van der Waals surface area (Å²) >= 11 is 3.33. The predicted molar refractivity (Wildman–Crippen MR) is 76.8 cm³/mol. The fourth-order valence-corrected chi connectivity index (χ4v) is 3.04. The second kappa shape index (κ2) is 5.68. The average Bonchev–Trinajstić information content (AvgIpc) is 2.37. The molecule has 0 fully saturated rings. The third kappa shape index (κ3) is 3.52. The first-order chi connectivity index (χ1) is 8.99. The summed E-state index contributed by atoms with van der Waals surface area (Å²) in [7, 11) is -3.70. The minimum atomic E-state index is -3.70. The number of hydrogen-bond donors (Lipinski definition) is 2. The van der Waals surface area contributed by atoms with Gasteiger partial charge in [0.25, 0.3) is 10.0 Å². The van der Waals surface area contributed by atoms with Gasteiger partial charge in [-0.1, -0.05) is 28.1 Å². The van der Waals surface area contributed by atoms with Crippen molar-refractivity contribution in [3.63, 3.8) is 0 Å². The maximum Gasteiger partial charge on any atom is 0.260 e. The molecule has 0 aliphatic rings. The van der Waals surface area contributed by atoms with Crippen LogP contribution < -0.4 is 10.5 Å². The summed E-state index contributed by atoms with van der Waals surface area (Å²) in [4.78, 5) is 3.80. The molecule has 100 valence electrons. The molecule has 7 heteroatoms. The third-order valence-electron chi connectivity index (χ3n) is 2.41. The summed E-state index contributed by atoms with van der Waals surface area (Å²) in [6.07, 6.45) is 1.39. The van der Waals surface area contributed by atoms with Gasteiger partial charge in [-0.3, -0.25) is 0 Å². The highest BCUT2D eigenvalue weighted by Gasteiger charge is 2.18. The number of sulfonamides is 1. The van der Waals surface area contributed by atoms with Crippen molar-refractivity contribution in [1.82, 2.24) is 9.71 Å². The van der Waals surface area contributed by atoms with Crippen molar-refractivity contribution in [2.45, 2.75) is 11.6 Å². The molecule has 0 aliphatic heterocycles. The van der Waals surface area contributed by atoms with E-state index >= 15 is 0 Å². The maximum absolute atomic E-state index is 12.0. The molecule has 0 atom stereocenters. The van der Waals surface area contributed by atoms with Crippen molar-refractivity contribution in [3.8, 4) is 0 Å². The van der Waals surface area contributed by atoms with Gasteiger partial charge in [0.15, 0.2) is 5.03 Å². The zero-order valence-corrected chi connectivity index (χ0v) is 12.3. The van der Waals surface area contributed by atoms with Crippen LogP contribution >= 0.6 is 15.9 Å². The van der Waals surface area contributed by atoms with E-state index in [1.165, 1.54) is 12.3 Å². The van der Waals surface area contributed by atoms with Crippen LogP contribution in [-0.4, -0.2) is 13.4 Å². The van der Waals surface area contributed by atoms with E-state index in [0.29, 0.717) is 0 Å². The number of nitrogens with two attached hydrogens (primary N) is 1. The number of nitrogens with one attached hydrogen (secondary N) is 1. The summed E-state index contributed by atoms with van der Waals surface area (Å²) in [6.45, 7) is 0.178. The van der Waals surface area contributed by atoms with Gasteiger partial charge in [0, 0.05) is 17.2 Å². The van der Waals surface area contributed by atoms with Crippen LogP contribution in [0.5, 0.6) is 0 Å². The van der Waals surface area contributed by atoms with E-state index in [4.69, 9.17) is 5.73 Å². The topological polar surface area (TPSA) is 85.1 Å². The first-order valence-corrected chi connectivity index (χ1v) is 7.71. The molecule has 0 bridgehead atoms. The van der Waals surface area contributed by atoms with Gasteiger partial charge in [-0.15, -0.1) is 0 Å². The van der Waals surface area contributed by atoms with Gasteiger partial charge < -0.3 is 5.73 Å². The standard InChI is InChI=1S/C12H12BrN3O2S/c13-10-4-1-3-9(7-10)8-16-19(17,18)12-11(14)5-2-6-15-12/h1-7,16H,8,14H2. The quantitative estimate of drug-likeness (QED) is 0.889. The second-order valence-electron chi connectivity index (χ2n) is 3.85. The van der Waals surface area contributed by atoms with E-state index in [9.17, 15) is 8.42 Å². The Morgan fingerprint density at radius 3 is 2.74 bits per heavy atom. The second-order valence-corrected chi connectivity index (χ2v) is 6.45. The Kier molecular flexibility index (Phi) is 4.18. The lowest BCUT2D eigenvalue weighted by atomic mass is 10.2. The molecule has 0 saturated heterocycles. The Morgan fingerprint density at radius 1 is 1.26 bits per heavy atom. The highest BCUT2D eigenvalue weighted by molar-refractivity contribution is 9.10. The first-order valence-electron chi connectivity index (χ1n) is 5.43. The number of hydrogen-bond acceptors (Lipinski definition) is 4. The van der Waals surface area contributed by atoms with Crippen molar-refractivity contribution in [2.24, 2.45) is 0 Å². The molecule has 5 nitrogen and oxygen atoms in total. The Balaban J connectivity index is 2.17. The lowest BCUT2D eigenvalue weighted by molar-refractivity contribution is 0.578. The van der Waals surface area contributed by atoms with Crippen LogP contribution in [0.15, 0.2) is 52.1 Å². The fraction of sp³-hybridized carbons (Fsp3) is 0.0833. The molecule has 0 amide bonds. The predicted octanol–water partition coefficient (Wildman–Crippen LogP) is 1.90. The SMILES string of the molecule is Nc1cccnc1S(=O)(=O)NCc1cccc(Br)c1. The van der Waals surface area contributed by atoms with Gasteiger partial charge in [0.05, 0.1) is 5.69 Å². The Labute approximate surface area is 120 Å². The number of benzene rings is 1. The summed E-state index contributed by atoms with van der Waals surface area (Å²) in [5.74, 6) is 0. The molecule has 2 rings (SSSR count). The first kappa shape index (κ1) is 14.0. The van der Waals surface area contributed by atoms with Crippen LogP contribution in [-0.2, 0) is 16.6 Å². The smallest absolute Gasteiger partial charge is 0.260 e. The molecule has 3 N–H and O–H groups in total. The van der Waals surface area contributed by atoms with E-state index in [2.05, 4.69) is 25.6 Å². The number of pyridine rings is 1. The summed E-state index contributed by atoms with van der Waals surface area (Å²) in [6, 6.07) is 10.5. The number of rotatable bonds is 4. The Morgan fingerprint density at radius 2 is 2.05 bits per heavy atom. The van der Waals surface area contributed by atoms with Gasteiger partial charge in [-0.05, 0) is 29.8 Å². The van der Waals surface area contributed by atoms with Gasteiger partial charge in [-0.25, -0.2) is 18.1 Å². The van der Waals surface area contributed by atoms with Crippen LogP contribution in [0.2, 0.25) is 0 Å². The monoisotopic (exact) mass is 341 g/mol. The lowest BCUT2D eigenvalue weighted by Crippen LogP contribution is -2.25. The van der Waals surface area contributed by atoms with Crippen molar-refractivity contribution in [2.75, 3.05) is 5.73 Å². The molecule has 0 saturated carbocycles. The van der Waals surface area contributed by atoms with E-state index < -0.39 is 10.0 Å². The highest BCUT2D eigenvalue weighted by Crippen LogP contribution is 2.15. The van der Waals surface area contributed by atoms with Crippen LogP contribution in [0.1, 0.15) is 5.56 Å². The number of aromatic nitrogens is 1. The van der Waals surface area contributed by atoms with Gasteiger partial charge in [-0.2, -0.15) is 0 Å². The fourth-order valence-electron chi connectivity index (χ4n) is 1.52. The molecule has 1 aromatic heterocycles. The summed E-state index contributed by atoms with van der Waals surface area (Å²) < 4.78 is 27.5. The van der Waals surface area contributed by atoms with Crippen molar-refractivity contribution in [3.05, 3.63) is 52.6 Å². The Bertz CT molecular complexity index is 689. The molecule has 0 unspecified atom stereocenters. The molecule has 19 heavy (non-hydrogen) atoms. The van der Waals surface area contributed by atoms with E-state index in [1.54, 1.807) is 6.07 Å². The number of nitrogen functional groups attached to an aromatic ring is 1. The van der Waals surface area contributed by atoms with E-state index in [1.807, 2.05) is 24.3 Å². The highest BCUT2D eigenvalue weighted by atomic mass is 79.9. The maximum atomic E-state index is 12.0. The minimum Gasteiger partial charge on any atom is -0.396 e. The third-order valence-corrected chi connectivity index (χ3v) is 4.28. The molecular formula is C12H12BrN3O2S. The minimum absolute atomic E-state index is 0.129. The molecule has 2 aromatic rings. The molecule has 0 aliphatic carbocycles. The van der Waals surface area contributed by atoms with Gasteiger partial charge in [0.2, 0.25) is 0 Å². The van der Waals surface area contributed by atoms with Crippen molar-refractivity contribution < 1.29 is 8.42 Å². The number of nitrogens with zero attached hydrogens (tertiary/aromatic N) is 1. The average molecular weight is 342 g/mol. The largest absolute Gasteiger partial charge is 0.396 e. The summed E-state index contributed by atoms with van der Waals surface area (Å²) in [5.41, 5.74) is 6.58. The van der Waals surface area contributed by atoms with Gasteiger partial charge >= 0.3 is 0 Å². The lowest BCUT2D eigenvalue weighted by Gasteiger charge is -2.08. The Hall–Kier alpha value is -1.44. The molecular weight excluding hydrogens is 330 g/mol. The number of anilines is 1. The van der Waals surface area contributed by atoms with E-state index in [0.717, 1.165) is 10.0 Å². The molecule has 0 radical (unpaired) electrons. The molecule has 1 aromatic carbocycles. The van der Waals surface area contributed by atoms with Crippen LogP contribution in [0.3, 0.4) is 0 Å². The summed E-state index contributed by atoms with van der Waals surface area (Å²) in [5, 5.41) is -0.148. The van der Waals surface area contributed by atoms with Crippen LogP contribution in [0.4, 0.5) is 5.69 Å². The van der Waals surface area contributed by atoms with Crippen molar-refractivity contribution >= 4 is 31.6 Å². The van der Waals surface area contributed by atoms with Gasteiger partial charge in [0.1, 0.15) is 0 Å².